The Bertz CT molecular complexity index is 346. The van der Waals surface area contributed by atoms with Gasteiger partial charge in [0.15, 0.2) is 0 Å². The van der Waals surface area contributed by atoms with Crippen molar-refractivity contribution < 1.29 is 15.1 Å². The summed E-state index contributed by atoms with van der Waals surface area (Å²) < 4.78 is 0. The fourth-order valence-electron chi connectivity index (χ4n) is 1.46. The topological polar surface area (TPSA) is 52.0 Å². The summed E-state index contributed by atoms with van der Waals surface area (Å²) in [5.74, 6) is 3.41. The van der Waals surface area contributed by atoms with E-state index in [0.29, 0.717) is 17.3 Å². The molecule has 0 saturated heterocycles. The Balaban J connectivity index is 0.000000327. The molecule has 1 aromatic carbocycles. The maximum absolute atomic E-state index is 5.39. The van der Waals surface area contributed by atoms with Crippen molar-refractivity contribution in [3.63, 3.8) is 0 Å². The number of anilines is 2. The molecular formula is C16H22Cl2N2Ru. The van der Waals surface area contributed by atoms with E-state index in [2.05, 4.69) is 46.5 Å². The molecule has 1 aliphatic carbocycles. The van der Waals surface area contributed by atoms with Crippen molar-refractivity contribution in [2.45, 2.75) is 20.8 Å². The Hall–Kier alpha value is 0.0234. The normalized spacial score (nSPS) is 15.9. The first-order valence-corrected chi connectivity index (χ1v) is 10.9. The molecule has 118 valence electrons. The number of rotatable bonds is 1. The molecule has 6 radical (unpaired) electrons. The van der Waals surface area contributed by atoms with Gasteiger partial charge in [-0.15, -0.1) is 0 Å². The Morgan fingerprint density at radius 2 is 1.29 bits per heavy atom. The Labute approximate surface area is 145 Å². The van der Waals surface area contributed by atoms with E-state index in [-0.39, 0.29) is 15.1 Å². The second kappa shape index (κ2) is 12.6. The molecular weight excluding hydrogens is 392 g/mol. The number of nitrogens with two attached hydrogens (primary N) is 2. The van der Waals surface area contributed by atoms with Crippen molar-refractivity contribution in [3.05, 3.63) is 61.8 Å². The molecule has 2 nitrogen and oxygen atoms in total. The number of halogens is 2. The van der Waals surface area contributed by atoms with Crippen molar-refractivity contribution in [1.82, 2.24) is 0 Å². The van der Waals surface area contributed by atoms with E-state index in [0.717, 1.165) is 0 Å². The number of benzene rings is 1. The van der Waals surface area contributed by atoms with Gasteiger partial charge in [-0.1, -0.05) is 32.9 Å². The van der Waals surface area contributed by atoms with Gasteiger partial charge < -0.3 is 11.5 Å². The van der Waals surface area contributed by atoms with Gasteiger partial charge in [0.05, 0.1) is 11.4 Å². The van der Waals surface area contributed by atoms with Gasteiger partial charge in [0.25, 0.3) is 0 Å². The molecule has 0 amide bonds. The van der Waals surface area contributed by atoms with Crippen molar-refractivity contribution in [2.75, 3.05) is 11.5 Å². The molecule has 4 N–H and O–H groups in total. The summed E-state index contributed by atoms with van der Waals surface area (Å²) in [4.78, 5) is 0. The molecule has 1 saturated carbocycles. The van der Waals surface area contributed by atoms with Crippen molar-refractivity contribution in [2.24, 2.45) is 5.92 Å². The second-order valence-electron chi connectivity index (χ2n) is 4.74. The van der Waals surface area contributed by atoms with Gasteiger partial charge in [-0.05, 0) is 55.6 Å². The Kier molecular flexibility index (Phi) is 12.6. The van der Waals surface area contributed by atoms with E-state index in [1.807, 2.05) is 12.1 Å². The van der Waals surface area contributed by atoms with Gasteiger partial charge in [0.1, 0.15) is 0 Å². The number of nitrogen functional groups attached to an aromatic ring is 2. The molecule has 0 spiro atoms. The van der Waals surface area contributed by atoms with Crippen LogP contribution in [0, 0.1) is 43.4 Å². The van der Waals surface area contributed by atoms with Crippen LogP contribution in [0.25, 0.3) is 0 Å². The van der Waals surface area contributed by atoms with Crippen LogP contribution in [0.1, 0.15) is 20.8 Å². The van der Waals surface area contributed by atoms with E-state index < -0.39 is 0 Å². The third-order valence-corrected chi connectivity index (χ3v) is 2.74. The molecule has 1 aliphatic rings. The predicted molar refractivity (Wildman–Crippen MR) is 91.2 cm³/mol. The van der Waals surface area contributed by atoms with Crippen LogP contribution in [0.2, 0.25) is 0 Å². The second-order valence-corrected chi connectivity index (χ2v) is 7.38. The van der Waals surface area contributed by atoms with Crippen molar-refractivity contribution in [1.29, 1.82) is 0 Å². The van der Waals surface area contributed by atoms with Gasteiger partial charge in [0.2, 0.25) is 0 Å². The minimum atomic E-state index is -0.346. The third-order valence-electron chi connectivity index (χ3n) is 2.74. The van der Waals surface area contributed by atoms with Crippen LogP contribution in [0.15, 0.2) is 24.3 Å². The maximum atomic E-state index is 5.39. The summed E-state index contributed by atoms with van der Waals surface area (Å²) in [6.07, 6.45) is 8.71. The summed E-state index contributed by atoms with van der Waals surface area (Å²) >= 11 is -0.346. The van der Waals surface area contributed by atoms with E-state index in [1.165, 1.54) is 11.8 Å². The molecule has 0 aliphatic heterocycles. The van der Waals surface area contributed by atoms with Crippen LogP contribution in [0.3, 0.4) is 0 Å². The first-order valence-electron chi connectivity index (χ1n) is 6.44. The SMILES string of the molecule is C[C]1[CH][CH][C](C(C)C)[CH][CH]1.Nc1ccccc1N.[Cl][Ru][Cl]. The fraction of sp³-hybridized carbons (Fsp3) is 0.250. The van der Waals surface area contributed by atoms with E-state index in [1.54, 1.807) is 12.1 Å². The van der Waals surface area contributed by atoms with Gasteiger partial charge >= 0.3 is 34.5 Å². The van der Waals surface area contributed by atoms with E-state index >= 15 is 0 Å². The first kappa shape index (κ1) is 21.0. The molecule has 0 heterocycles. The van der Waals surface area contributed by atoms with Gasteiger partial charge in [-0.25, -0.2) is 0 Å². The molecule has 0 unspecified atom stereocenters. The zero-order valence-corrected chi connectivity index (χ0v) is 15.7. The van der Waals surface area contributed by atoms with Gasteiger partial charge in [0, 0.05) is 0 Å². The summed E-state index contributed by atoms with van der Waals surface area (Å²) in [5, 5.41) is 0. The average Bonchev–Trinajstić information content (AvgIpc) is 2.44. The zero-order valence-electron chi connectivity index (χ0n) is 12.5. The van der Waals surface area contributed by atoms with Crippen LogP contribution in [0.5, 0.6) is 0 Å². The van der Waals surface area contributed by atoms with E-state index in [9.17, 15) is 0 Å². The van der Waals surface area contributed by atoms with Crippen molar-refractivity contribution in [3.8, 4) is 0 Å². The molecule has 0 aromatic heterocycles. The average molecular weight is 414 g/mol. The molecule has 5 heteroatoms. The molecule has 0 bridgehead atoms. The molecule has 2 rings (SSSR count). The first-order chi connectivity index (χ1) is 9.92. The van der Waals surface area contributed by atoms with Crippen LogP contribution in [-0.4, -0.2) is 0 Å². The molecule has 1 fully saturated rings. The van der Waals surface area contributed by atoms with Crippen LogP contribution < -0.4 is 11.5 Å². The van der Waals surface area contributed by atoms with Crippen LogP contribution in [0.4, 0.5) is 11.4 Å². The summed E-state index contributed by atoms with van der Waals surface area (Å²) in [6.45, 7) is 6.54. The predicted octanol–water partition coefficient (Wildman–Crippen LogP) is 4.87. The molecule has 21 heavy (non-hydrogen) atoms. The Morgan fingerprint density at radius 1 is 0.905 bits per heavy atom. The van der Waals surface area contributed by atoms with Gasteiger partial charge in [-0.3, -0.25) is 0 Å². The Morgan fingerprint density at radius 3 is 1.57 bits per heavy atom. The van der Waals surface area contributed by atoms with E-state index in [4.69, 9.17) is 30.8 Å². The zero-order chi connectivity index (χ0) is 16.3. The summed E-state index contributed by atoms with van der Waals surface area (Å²) in [6, 6.07) is 7.25. The van der Waals surface area contributed by atoms with Gasteiger partial charge in [-0.2, -0.15) is 0 Å². The summed E-state index contributed by atoms with van der Waals surface area (Å²) in [7, 11) is 9.71. The number of hydrogen-bond donors (Lipinski definition) is 2. The monoisotopic (exact) mass is 414 g/mol. The quantitative estimate of drug-likeness (QED) is 0.509. The third kappa shape index (κ3) is 10.4. The van der Waals surface area contributed by atoms with Crippen molar-refractivity contribution >= 4 is 30.8 Å². The molecule has 0 atom stereocenters. The fourth-order valence-corrected chi connectivity index (χ4v) is 1.46. The summed E-state index contributed by atoms with van der Waals surface area (Å²) in [5.41, 5.74) is 12.1. The van der Waals surface area contributed by atoms with Crippen LogP contribution in [-0.2, 0) is 15.1 Å². The number of hydrogen-bond acceptors (Lipinski definition) is 2. The minimum absolute atomic E-state index is 0.346. The van der Waals surface area contributed by atoms with Crippen LogP contribution >= 0.6 is 19.4 Å². The number of para-hydroxylation sites is 2. The standard InChI is InChI=1S/C10H14.C6H8N2.2ClH.Ru/c1-8(2)10-6-4-9(3)5-7-10;7-5-3-1-2-4-6(5)8;;;/h4-8H,1-3H3;1-4H,7-8H2;2*1H;/q;;;;+2/p-2. The molecule has 1 aromatic rings.